The summed E-state index contributed by atoms with van der Waals surface area (Å²) in [6.45, 7) is 3.27. The van der Waals surface area contributed by atoms with Crippen molar-refractivity contribution in [1.29, 1.82) is 0 Å². The Morgan fingerprint density at radius 3 is 2.73 bits per heavy atom. The molecule has 0 aromatic heterocycles. The van der Waals surface area contributed by atoms with Crippen LogP contribution in [0.4, 0.5) is 5.69 Å². The molecular formula is C17H22N2O3. The number of piperidine rings is 1. The number of rotatable bonds is 4. The smallest absolute Gasteiger partial charge is 0.248 e. The van der Waals surface area contributed by atoms with Gasteiger partial charge in [-0.3, -0.25) is 9.59 Å². The Labute approximate surface area is 130 Å². The Morgan fingerprint density at radius 1 is 1.23 bits per heavy atom. The van der Waals surface area contributed by atoms with Crippen molar-refractivity contribution in [2.24, 2.45) is 0 Å². The highest BCUT2D eigenvalue weighted by Gasteiger charge is 2.45. The number of amides is 2. The molecule has 5 heteroatoms. The number of carbonyl (C=O) groups excluding carboxylic acids is 2. The molecule has 0 aliphatic carbocycles. The Balaban J connectivity index is 1.78. The van der Waals surface area contributed by atoms with E-state index in [1.807, 2.05) is 47.1 Å². The summed E-state index contributed by atoms with van der Waals surface area (Å²) in [5.74, 6) is 0.197. The second-order valence-corrected chi connectivity index (χ2v) is 5.79. The van der Waals surface area contributed by atoms with Gasteiger partial charge >= 0.3 is 0 Å². The number of carbonyl (C=O) groups is 2. The number of likely N-dealkylation sites (tertiary alicyclic amines) is 1. The molecule has 5 nitrogen and oxygen atoms in total. The first-order valence-corrected chi connectivity index (χ1v) is 7.96. The first-order chi connectivity index (χ1) is 10.7. The summed E-state index contributed by atoms with van der Waals surface area (Å²) in [6, 6.07) is 9.97. The van der Waals surface area contributed by atoms with E-state index in [0.717, 1.165) is 18.5 Å². The van der Waals surface area contributed by atoms with Crippen molar-refractivity contribution in [3.8, 4) is 0 Å². The lowest BCUT2D eigenvalue weighted by Gasteiger charge is -2.39. The third-order valence-corrected chi connectivity index (χ3v) is 4.55. The first-order valence-electron chi connectivity index (χ1n) is 7.96. The Hall–Kier alpha value is -1.88. The predicted molar refractivity (Wildman–Crippen MR) is 83.6 cm³/mol. The van der Waals surface area contributed by atoms with Crippen LogP contribution >= 0.6 is 0 Å². The van der Waals surface area contributed by atoms with Crippen LogP contribution in [0.5, 0.6) is 0 Å². The van der Waals surface area contributed by atoms with Crippen molar-refractivity contribution in [2.45, 2.75) is 38.3 Å². The molecule has 0 saturated carbocycles. The van der Waals surface area contributed by atoms with Crippen LogP contribution < -0.4 is 4.90 Å². The molecule has 0 radical (unpaired) electrons. The van der Waals surface area contributed by atoms with Crippen molar-refractivity contribution < 1.29 is 14.3 Å². The molecule has 3 rings (SSSR count). The summed E-state index contributed by atoms with van der Waals surface area (Å²) < 4.78 is 5.25. The Bertz CT molecular complexity index is 546. The summed E-state index contributed by atoms with van der Waals surface area (Å²) in [6.07, 6.45) is 2.09. The topological polar surface area (TPSA) is 49.9 Å². The molecule has 2 saturated heterocycles. The molecule has 22 heavy (non-hydrogen) atoms. The quantitative estimate of drug-likeness (QED) is 0.852. The van der Waals surface area contributed by atoms with Crippen LogP contribution in [0.2, 0.25) is 0 Å². The summed E-state index contributed by atoms with van der Waals surface area (Å²) in [5, 5.41) is 0. The number of anilines is 1. The molecule has 2 amide bonds. The fraction of sp³-hybridized carbons (Fsp3) is 0.529. The van der Waals surface area contributed by atoms with E-state index in [2.05, 4.69) is 0 Å². The summed E-state index contributed by atoms with van der Waals surface area (Å²) >= 11 is 0. The van der Waals surface area contributed by atoms with Crippen LogP contribution in [0.25, 0.3) is 0 Å². The van der Waals surface area contributed by atoms with E-state index >= 15 is 0 Å². The van der Waals surface area contributed by atoms with E-state index in [4.69, 9.17) is 4.74 Å². The van der Waals surface area contributed by atoms with E-state index < -0.39 is 0 Å². The molecule has 0 N–H and O–H groups in total. The molecule has 2 aliphatic rings. The highest BCUT2D eigenvalue weighted by atomic mass is 16.5. The standard InChI is InChI=1S/C17H22N2O3/c1-2-22-12-17(21)18-11-10-15-14(18)8-9-16(20)19(15)13-6-4-3-5-7-13/h3-7,14-15H,2,8-12H2,1H3/t14-,15-/m1/s1. The fourth-order valence-electron chi connectivity index (χ4n) is 3.57. The fourth-order valence-corrected chi connectivity index (χ4v) is 3.57. The molecule has 1 aromatic rings. The Morgan fingerprint density at radius 2 is 2.00 bits per heavy atom. The van der Waals surface area contributed by atoms with Crippen molar-refractivity contribution in [1.82, 2.24) is 4.90 Å². The number of hydrogen-bond acceptors (Lipinski definition) is 3. The van der Waals surface area contributed by atoms with Gasteiger partial charge in [0.2, 0.25) is 11.8 Å². The van der Waals surface area contributed by atoms with Gasteiger partial charge in [0.25, 0.3) is 0 Å². The van der Waals surface area contributed by atoms with Crippen molar-refractivity contribution in [3.63, 3.8) is 0 Å². The van der Waals surface area contributed by atoms with Crippen LogP contribution in [-0.4, -0.2) is 48.6 Å². The van der Waals surface area contributed by atoms with Gasteiger partial charge in [-0.2, -0.15) is 0 Å². The lowest BCUT2D eigenvalue weighted by molar-refractivity contribution is -0.138. The van der Waals surface area contributed by atoms with Gasteiger partial charge in [-0.15, -0.1) is 0 Å². The summed E-state index contributed by atoms with van der Waals surface area (Å²) in [7, 11) is 0. The predicted octanol–water partition coefficient (Wildman–Crippen LogP) is 1.82. The average Bonchev–Trinajstić information content (AvgIpc) is 2.97. The Kier molecular flexibility index (Phi) is 4.43. The number of fused-ring (bicyclic) bond motifs is 1. The molecule has 2 aliphatic heterocycles. The van der Waals surface area contributed by atoms with Gasteiger partial charge in [0.15, 0.2) is 0 Å². The van der Waals surface area contributed by atoms with Crippen LogP contribution in [0.1, 0.15) is 26.2 Å². The van der Waals surface area contributed by atoms with E-state index in [1.54, 1.807) is 0 Å². The normalized spacial score (nSPS) is 24.5. The minimum atomic E-state index is 0.0386. The van der Waals surface area contributed by atoms with Gasteiger partial charge in [0.05, 0.1) is 12.1 Å². The highest BCUT2D eigenvalue weighted by molar-refractivity contribution is 5.95. The van der Waals surface area contributed by atoms with Gasteiger partial charge in [-0.05, 0) is 31.9 Å². The lowest BCUT2D eigenvalue weighted by atomic mass is 9.95. The number of hydrogen-bond donors (Lipinski definition) is 0. The SMILES string of the molecule is CCOCC(=O)N1CC[C@@H]2[C@H]1CCC(=O)N2c1ccccc1. The minimum Gasteiger partial charge on any atom is -0.372 e. The second kappa shape index (κ2) is 6.48. The second-order valence-electron chi connectivity index (χ2n) is 5.79. The van der Waals surface area contributed by atoms with Gasteiger partial charge in [0, 0.05) is 25.3 Å². The molecule has 2 atom stereocenters. The first kappa shape index (κ1) is 15.0. The van der Waals surface area contributed by atoms with Crippen molar-refractivity contribution >= 4 is 17.5 Å². The monoisotopic (exact) mass is 302 g/mol. The van der Waals surface area contributed by atoms with Gasteiger partial charge in [0.1, 0.15) is 6.61 Å². The van der Waals surface area contributed by atoms with Crippen LogP contribution in [0.15, 0.2) is 30.3 Å². The number of nitrogens with zero attached hydrogens (tertiary/aromatic N) is 2. The van der Waals surface area contributed by atoms with Crippen LogP contribution in [0, 0.1) is 0 Å². The maximum Gasteiger partial charge on any atom is 0.248 e. The molecule has 2 fully saturated rings. The average molecular weight is 302 g/mol. The van der Waals surface area contributed by atoms with E-state index in [9.17, 15) is 9.59 Å². The maximum absolute atomic E-state index is 12.4. The highest BCUT2D eigenvalue weighted by Crippen LogP contribution is 2.34. The van der Waals surface area contributed by atoms with E-state index in [-0.39, 0.29) is 30.5 Å². The van der Waals surface area contributed by atoms with Crippen molar-refractivity contribution in [2.75, 3.05) is 24.7 Å². The zero-order chi connectivity index (χ0) is 15.5. The number of ether oxygens (including phenoxy) is 1. The van der Waals surface area contributed by atoms with E-state index in [0.29, 0.717) is 19.6 Å². The molecule has 118 valence electrons. The summed E-state index contributed by atoms with van der Waals surface area (Å²) in [5.41, 5.74) is 0.932. The zero-order valence-electron chi connectivity index (χ0n) is 12.9. The largest absolute Gasteiger partial charge is 0.372 e. The van der Waals surface area contributed by atoms with Gasteiger partial charge in [-0.25, -0.2) is 0 Å². The van der Waals surface area contributed by atoms with Crippen molar-refractivity contribution in [3.05, 3.63) is 30.3 Å². The molecule has 0 spiro atoms. The third kappa shape index (κ3) is 2.73. The number of para-hydroxylation sites is 1. The maximum atomic E-state index is 12.4. The molecule has 0 unspecified atom stereocenters. The third-order valence-electron chi connectivity index (χ3n) is 4.55. The van der Waals surface area contributed by atoms with Gasteiger partial charge < -0.3 is 14.5 Å². The zero-order valence-corrected chi connectivity index (χ0v) is 12.9. The van der Waals surface area contributed by atoms with Crippen LogP contribution in [0.3, 0.4) is 0 Å². The molecular weight excluding hydrogens is 280 g/mol. The van der Waals surface area contributed by atoms with Crippen LogP contribution in [-0.2, 0) is 14.3 Å². The lowest BCUT2D eigenvalue weighted by Crippen LogP contribution is -2.54. The van der Waals surface area contributed by atoms with E-state index in [1.165, 1.54) is 0 Å². The minimum absolute atomic E-state index is 0.0386. The van der Waals surface area contributed by atoms with Gasteiger partial charge in [-0.1, -0.05) is 18.2 Å². The molecule has 1 aromatic carbocycles. The molecule has 0 bridgehead atoms. The summed E-state index contributed by atoms with van der Waals surface area (Å²) in [4.78, 5) is 28.5. The number of benzene rings is 1. The molecule has 2 heterocycles.